The fourth-order valence-corrected chi connectivity index (χ4v) is 1.26. The van der Waals surface area contributed by atoms with Gasteiger partial charge in [-0.3, -0.25) is 0 Å². The third kappa shape index (κ3) is 1.97. The summed E-state index contributed by atoms with van der Waals surface area (Å²) in [6, 6.07) is 5.34. The summed E-state index contributed by atoms with van der Waals surface area (Å²) in [5.41, 5.74) is 1.60. The Bertz CT molecular complexity index is 273. The first-order chi connectivity index (χ1) is 5.65. The SMILES string of the molecule is Cc1ccc(Cl)c(C(O)CO)c1. The molecule has 1 aromatic rings. The van der Waals surface area contributed by atoms with Gasteiger partial charge in [0.1, 0.15) is 6.10 Å². The van der Waals surface area contributed by atoms with E-state index < -0.39 is 6.10 Å². The predicted octanol–water partition coefficient (Wildman–Crippen LogP) is 1.67. The van der Waals surface area contributed by atoms with Gasteiger partial charge in [-0.05, 0) is 13.0 Å². The summed E-state index contributed by atoms with van der Waals surface area (Å²) < 4.78 is 0. The summed E-state index contributed by atoms with van der Waals surface area (Å²) in [4.78, 5) is 0. The standard InChI is InChI=1S/C9H11ClO2/c1-6-2-3-8(10)7(4-6)9(12)5-11/h2-4,9,11-12H,5H2,1H3. The van der Waals surface area contributed by atoms with E-state index in [9.17, 15) is 5.11 Å². The minimum Gasteiger partial charge on any atom is -0.393 e. The van der Waals surface area contributed by atoms with Crippen molar-refractivity contribution in [1.82, 2.24) is 0 Å². The Morgan fingerprint density at radius 3 is 2.75 bits per heavy atom. The second-order valence-electron chi connectivity index (χ2n) is 2.72. The molecule has 1 rings (SSSR count). The maximum absolute atomic E-state index is 9.30. The second-order valence-corrected chi connectivity index (χ2v) is 3.13. The van der Waals surface area contributed by atoms with E-state index in [0.29, 0.717) is 10.6 Å². The van der Waals surface area contributed by atoms with Crippen molar-refractivity contribution in [1.29, 1.82) is 0 Å². The quantitative estimate of drug-likeness (QED) is 0.738. The van der Waals surface area contributed by atoms with Crippen LogP contribution in [0.15, 0.2) is 18.2 Å². The summed E-state index contributed by atoms with van der Waals surface area (Å²) in [5.74, 6) is 0. The summed E-state index contributed by atoms with van der Waals surface area (Å²) in [6.07, 6.45) is -0.877. The van der Waals surface area contributed by atoms with Crippen LogP contribution in [0, 0.1) is 6.92 Å². The number of benzene rings is 1. The highest BCUT2D eigenvalue weighted by atomic mass is 35.5. The fraction of sp³-hybridized carbons (Fsp3) is 0.333. The second kappa shape index (κ2) is 3.90. The monoisotopic (exact) mass is 186 g/mol. The first kappa shape index (κ1) is 9.52. The van der Waals surface area contributed by atoms with Crippen LogP contribution in [0.1, 0.15) is 17.2 Å². The Labute approximate surface area is 76.4 Å². The molecule has 12 heavy (non-hydrogen) atoms. The van der Waals surface area contributed by atoms with Crippen LogP contribution in [0.2, 0.25) is 5.02 Å². The topological polar surface area (TPSA) is 40.5 Å². The van der Waals surface area contributed by atoms with Gasteiger partial charge in [0.2, 0.25) is 0 Å². The van der Waals surface area contributed by atoms with Crippen molar-refractivity contribution >= 4 is 11.6 Å². The molecule has 0 spiro atoms. The molecular formula is C9H11ClO2. The van der Waals surface area contributed by atoms with Crippen molar-refractivity contribution in [3.63, 3.8) is 0 Å². The first-order valence-corrected chi connectivity index (χ1v) is 4.08. The Morgan fingerprint density at radius 1 is 1.50 bits per heavy atom. The lowest BCUT2D eigenvalue weighted by atomic mass is 10.1. The molecule has 0 saturated carbocycles. The fourth-order valence-electron chi connectivity index (χ4n) is 1.02. The van der Waals surface area contributed by atoms with Crippen molar-refractivity contribution < 1.29 is 10.2 Å². The van der Waals surface area contributed by atoms with Crippen molar-refractivity contribution in [3.05, 3.63) is 34.3 Å². The third-order valence-corrected chi connectivity index (χ3v) is 2.03. The highest BCUT2D eigenvalue weighted by molar-refractivity contribution is 6.31. The van der Waals surface area contributed by atoms with Crippen LogP contribution in [0.25, 0.3) is 0 Å². The van der Waals surface area contributed by atoms with Crippen LogP contribution < -0.4 is 0 Å². The highest BCUT2D eigenvalue weighted by Gasteiger charge is 2.09. The van der Waals surface area contributed by atoms with Gasteiger partial charge in [-0.25, -0.2) is 0 Å². The van der Waals surface area contributed by atoms with Crippen LogP contribution in [-0.4, -0.2) is 16.8 Å². The van der Waals surface area contributed by atoms with E-state index in [1.54, 1.807) is 12.1 Å². The Morgan fingerprint density at radius 2 is 2.17 bits per heavy atom. The van der Waals surface area contributed by atoms with Gasteiger partial charge in [-0.15, -0.1) is 0 Å². The molecule has 0 aromatic heterocycles. The zero-order valence-corrected chi connectivity index (χ0v) is 7.54. The van der Waals surface area contributed by atoms with Crippen LogP contribution in [0.5, 0.6) is 0 Å². The number of aliphatic hydroxyl groups excluding tert-OH is 2. The molecule has 0 aliphatic rings. The van der Waals surface area contributed by atoms with Gasteiger partial charge >= 0.3 is 0 Å². The van der Waals surface area contributed by atoms with Crippen molar-refractivity contribution in [3.8, 4) is 0 Å². The van der Waals surface area contributed by atoms with Crippen LogP contribution in [-0.2, 0) is 0 Å². The molecule has 0 bridgehead atoms. The lowest BCUT2D eigenvalue weighted by molar-refractivity contribution is 0.0956. The summed E-state index contributed by atoms with van der Waals surface area (Å²) in [7, 11) is 0. The molecule has 0 radical (unpaired) electrons. The van der Waals surface area contributed by atoms with Crippen molar-refractivity contribution in [2.75, 3.05) is 6.61 Å². The Balaban J connectivity index is 3.04. The molecule has 66 valence electrons. The van der Waals surface area contributed by atoms with E-state index in [1.807, 2.05) is 13.0 Å². The van der Waals surface area contributed by atoms with E-state index in [1.165, 1.54) is 0 Å². The number of aliphatic hydroxyl groups is 2. The molecule has 0 fully saturated rings. The average Bonchev–Trinajstić information content (AvgIpc) is 2.08. The highest BCUT2D eigenvalue weighted by Crippen LogP contribution is 2.23. The molecule has 0 aliphatic heterocycles. The molecule has 0 aliphatic carbocycles. The maximum atomic E-state index is 9.30. The van der Waals surface area contributed by atoms with Gasteiger partial charge in [0.25, 0.3) is 0 Å². The van der Waals surface area contributed by atoms with Gasteiger partial charge in [-0.2, -0.15) is 0 Å². The Kier molecular flexibility index (Phi) is 3.09. The van der Waals surface area contributed by atoms with Crippen molar-refractivity contribution in [2.24, 2.45) is 0 Å². The number of hydrogen-bond acceptors (Lipinski definition) is 2. The summed E-state index contributed by atoms with van der Waals surface area (Å²) in [5, 5.41) is 18.5. The number of hydrogen-bond donors (Lipinski definition) is 2. The molecule has 2 N–H and O–H groups in total. The molecular weight excluding hydrogens is 176 g/mol. The number of rotatable bonds is 2. The predicted molar refractivity (Wildman–Crippen MR) is 48.2 cm³/mol. The summed E-state index contributed by atoms with van der Waals surface area (Å²) >= 11 is 5.80. The van der Waals surface area contributed by atoms with Crippen LogP contribution in [0.4, 0.5) is 0 Å². The molecule has 0 heterocycles. The largest absolute Gasteiger partial charge is 0.393 e. The van der Waals surface area contributed by atoms with Crippen LogP contribution in [0.3, 0.4) is 0 Å². The maximum Gasteiger partial charge on any atom is 0.103 e. The zero-order chi connectivity index (χ0) is 9.14. The van der Waals surface area contributed by atoms with Crippen molar-refractivity contribution in [2.45, 2.75) is 13.0 Å². The normalized spacial score (nSPS) is 13.0. The minimum absolute atomic E-state index is 0.302. The van der Waals surface area contributed by atoms with Gasteiger partial charge in [0, 0.05) is 10.6 Å². The molecule has 1 atom stereocenters. The molecule has 3 heteroatoms. The number of halogens is 1. The third-order valence-electron chi connectivity index (χ3n) is 1.68. The lowest BCUT2D eigenvalue weighted by Gasteiger charge is -2.09. The van der Waals surface area contributed by atoms with E-state index in [-0.39, 0.29) is 6.61 Å². The van der Waals surface area contributed by atoms with Gasteiger partial charge in [0.15, 0.2) is 0 Å². The van der Waals surface area contributed by atoms with Gasteiger partial charge < -0.3 is 10.2 Å². The van der Waals surface area contributed by atoms with E-state index in [0.717, 1.165) is 5.56 Å². The zero-order valence-electron chi connectivity index (χ0n) is 6.79. The minimum atomic E-state index is -0.877. The Hall–Kier alpha value is -0.570. The molecule has 0 saturated heterocycles. The first-order valence-electron chi connectivity index (χ1n) is 3.70. The van der Waals surface area contributed by atoms with Crippen LogP contribution >= 0.6 is 11.6 Å². The molecule has 1 unspecified atom stereocenters. The van der Waals surface area contributed by atoms with E-state index in [4.69, 9.17) is 16.7 Å². The average molecular weight is 187 g/mol. The smallest absolute Gasteiger partial charge is 0.103 e. The molecule has 0 amide bonds. The van der Waals surface area contributed by atoms with E-state index in [2.05, 4.69) is 0 Å². The van der Waals surface area contributed by atoms with Gasteiger partial charge in [-0.1, -0.05) is 29.3 Å². The molecule has 2 nitrogen and oxygen atoms in total. The number of aryl methyl sites for hydroxylation is 1. The molecule has 1 aromatic carbocycles. The van der Waals surface area contributed by atoms with E-state index >= 15 is 0 Å². The van der Waals surface area contributed by atoms with Gasteiger partial charge in [0.05, 0.1) is 6.61 Å². The summed E-state index contributed by atoms with van der Waals surface area (Å²) in [6.45, 7) is 1.60. The lowest BCUT2D eigenvalue weighted by Crippen LogP contribution is -2.03.